The van der Waals surface area contributed by atoms with Crippen molar-refractivity contribution in [3.05, 3.63) is 30.3 Å². The van der Waals surface area contributed by atoms with Gasteiger partial charge in [0.05, 0.1) is 0 Å². The molecule has 1 aromatic rings. The van der Waals surface area contributed by atoms with E-state index in [1.807, 2.05) is 30.3 Å². The summed E-state index contributed by atoms with van der Waals surface area (Å²) in [6.45, 7) is 0. The van der Waals surface area contributed by atoms with Crippen molar-refractivity contribution in [2.45, 2.75) is 0 Å². The number of anilines is 1. The molecule has 0 radical (unpaired) electrons. The molecular formula is C6H7Cl2NTi. The summed E-state index contributed by atoms with van der Waals surface area (Å²) < 4.78 is 0. The summed E-state index contributed by atoms with van der Waals surface area (Å²) in [7, 11) is 9.78. The van der Waals surface area contributed by atoms with E-state index in [-0.39, 0.29) is 0 Å². The summed E-state index contributed by atoms with van der Waals surface area (Å²) in [6, 6.07) is 9.49. The monoisotopic (exact) mass is 211 g/mol. The van der Waals surface area contributed by atoms with E-state index in [2.05, 4.69) is 0 Å². The number of hydrogen-bond donors (Lipinski definition) is 1. The number of nitrogen functional groups attached to an aromatic ring is 1. The molecule has 2 N–H and O–H groups in total. The van der Waals surface area contributed by atoms with E-state index in [0.29, 0.717) is 0 Å². The van der Waals surface area contributed by atoms with Crippen molar-refractivity contribution in [1.82, 2.24) is 0 Å². The van der Waals surface area contributed by atoms with Crippen molar-refractivity contribution in [3.63, 3.8) is 0 Å². The van der Waals surface area contributed by atoms with Gasteiger partial charge < -0.3 is 5.73 Å². The number of hydrogen-bond acceptors (Lipinski definition) is 1. The van der Waals surface area contributed by atoms with Crippen LogP contribution in [0.1, 0.15) is 0 Å². The molecule has 0 aliphatic heterocycles. The Kier molecular flexibility index (Phi) is 7.65. The molecule has 4 heteroatoms. The van der Waals surface area contributed by atoms with Crippen molar-refractivity contribution < 1.29 is 17.0 Å². The summed E-state index contributed by atoms with van der Waals surface area (Å²) in [5, 5.41) is 0. The van der Waals surface area contributed by atoms with Gasteiger partial charge in [0.1, 0.15) is 0 Å². The maximum absolute atomic E-state index is 5.36. The zero-order chi connectivity index (χ0) is 7.82. The van der Waals surface area contributed by atoms with Gasteiger partial charge in [-0.2, -0.15) is 0 Å². The molecule has 0 aromatic heterocycles. The Bertz CT molecular complexity index is 157. The number of benzene rings is 1. The van der Waals surface area contributed by atoms with Crippen LogP contribution in [-0.4, -0.2) is 0 Å². The number of nitrogens with two attached hydrogens (primary N) is 1. The molecule has 0 spiro atoms. The minimum absolute atomic E-state index is 0.556. The average Bonchev–Trinajstić information content (AvgIpc) is 1.91. The molecule has 0 unspecified atom stereocenters. The molecule has 0 saturated carbocycles. The van der Waals surface area contributed by atoms with E-state index in [0.717, 1.165) is 5.69 Å². The second kappa shape index (κ2) is 7.42. The van der Waals surface area contributed by atoms with Gasteiger partial charge in [0.15, 0.2) is 0 Å². The molecule has 10 heavy (non-hydrogen) atoms. The van der Waals surface area contributed by atoms with Gasteiger partial charge in [0, 0.05) is 5.69 Å². The summed E-state index contributed by atoms with van der Waals surface area (Å²) in [5.74, 6) is 0. The van der Waals surface area contributed by atoms with Gasteiger partial charge in [-0.25, -0.2) is 0 Å². The zero-order valence-electron chi connectivity index (χ0n) is 5.22. The van der Waals surface area contributed by atoms with Gasteiger partial charge in [0.25, 0.3) is 0 Å². The first kappa shape index (κ1) is 10.3. The molecule has 1 nitrogen and oxygen atoms in total. The van der Waals surface area contributed by atoms with Crippen LogP contribution in [0.15, 0.2) is 30.3 Å². The van der Waals surface area contributed by atoms with Gasteiger partial charge in [-0.3, -0.25) is 0 Å². The molecule has 0 bridgehead atoms. The van der Waals surface area contributed by atoms with Crippen LogP contribution < -0.4 is 5.73 Å². The van der Waals surface area contributed by atoms with E-state index < -0.39 is 17.0 Å². The van der Waals surface area contributed by atoms with Crippen molar-refractivity contribution in [1.29, 1.82) is 0 Å². The van der Waals surface area contributed by atoms with Crippen molar-refractivity contribution in [2.24, 2.45) is 0 Å². The Labute approximate surface area is 77.2 Å². The molecule has 1 rings (SSSR count). The van der Waals surface area contributed by atoms with Gasteiger partial charge in [0.2, 0.25) is 0 Å². The Morgan fingerprint density at radius 3 is 1.70 bits per heavy atom. The first-order chi connectivity index (χ1) is 4.81. The van der Waals surface area contributed by atoms with Gasteiger partial charge in [-0.15, -0.1) is 0 Å². The number of para-hydroxylation sites is 1. The van der Waals surface area contributed by atoms with Gasteiger partial charge >= 0.3 is 35.6 Å². The van der Waals surface area contributed by atoms with E-state index in [9.17, 15) is 0 Å². The molecule has 0 atom stereocenters. The minimum atomic E-state index is -0.556. The molecule has 0 amide bonds. The van der Waals surface area contributed by atoms with Crippen LogP contribution in [0, 0.1) is 0 Å². The predicted octanol–water partition coefficient (Wildman–Crippen LogP) is 2.65. The summed E-state index contributed by atoms with van der Waals surface area (Å²) in [4.78, 5) is 0. The van der Waals surface area contributed by atoms with E-state index in [1.165, 1.54) is 0 Å². The Morgan fingerprint density at radius 2 is 1.50 bits per heavy atom. The fraction of sp³-hybridized carbons (Fsp3) is 0. The Hall–Kier alpha value is 0.314. The average molecular weight is 212 g/mol. The number of rotatable bonds is 0. The molecule has 0 heterocycles. The van der Waals surface area contributed by atoms with Crippen LogP contribution in [0.25, 0.3) is 0 Å². The summed E-state index contributed by atoms with van der Waals surface area (Å²) >= 11 is -0.556. The van der Waals surface area contributed by atoms with E-state index in [1.54, 1.807) is 0 Å². The molecular weight excluding hydrogens is 205 g/mol. The van der Waals surface area contributed by atoms with Crippen LogP contribution in [0.2, 0.25) is 0 Å². The first-order valence-electron chi connectivity index (χ1n) is 2.58. The van der Waals surface area contributed by atoms with Crippen molar-refractivity contribution in [3.8, 4) is 0 Å². The van der Waals surface area contributed by atoms with Crippen LogP contribution in [0.5, 0.6) is 0 Å². The van der Waals surface area contributed by atoms with E-state index >= 15 is 0 Å². The van der Waals surface area contributed by atoms with Crippen LogP contribution >= 0.6 is 18.6 Å². The van der Waals surface area contributed by atoms with Gasteiger partial charge in [-0.1, -0.05) is 18.2 Å². The fourth-order valence-corrected chi connectivity index (χ4v) is 0.453. The molecule has 0 aliphatic rings. The Balaban J connectivity index is 0.000000236. The third kappa shape index (κ3) is 6.43. The standard InChI is InChI=1S/C6H7N.2ClH.Ti/c7-6-4-2-1-3-5-6;;;/h1-5H,7H2;2*1H;/q;;;+2/p-2. The second-order valence-corrected chi connectivity index (χ2v) is 4.06. The second-order valence-electron chi connectivity index (χ2n) is 1.48. The molecule has 0 aliphatic carbocycles. The third-order valence-electron chi connectivity index (χ3n) is 0.800. The first-order valence-corrected chi connectivity index (χ1v) is 6.87. The van der Waals surface area contributed by atoms with Crippen molar-refractivity contribution in [2.75, 3.05) is 5.73 Å². The normalized spacial score (nSPS) is 7.40. The molecule has 1 aromatic carbocycles. The quantitative estimate of drug-likeness (QED) is 0.519. The van der Waals surface area contributed by atoms with Crippen LogP contribution in [0.4, 0.5) is 5.69 Å². The van der Waals surface area contributed by atoms with Crippen LogP contribution in [-0.2, 0) is 17.0 Å². The topological polar surface area (TPSA) is 26.0 Å². The molecule has 54 valence electrons. The predicted molar refractivity (Wildman–Crippen MR) is 42.6 cm³/mol. The van der Waals surface area contributed by atoms with Crippen LogP contribution in [0.3, 0.4) is 0 Å². The molecule has 0 saturated heterocycles. The third-order valence-corrected chi connectivity index (χ3v) is 0.800. The zero-order valence-corrected chi connectivity index (χ0v) is 8.29. The maximum atomic E-state index is 5.36. The molecule has 0 fully saturated rings. The van der Waals surface area contributed by atoms with Crippen molar-refractivity contribution >= 4 is 24.3 Å². The number of halogens is 2. The fourth-order valence-electron chi connectivity index (χ4n) is 0.453. The van der Waals surface area contributed by atoms with Gasteiger partial charge in [-0.05, 0) is 12.1 Å². The summed E-state index contributed by atoms with van der Waals surface area (Å²) in [5.41, 5.74) is 6.18. The van der Waals surface area contributed by atoms with E-state index in [4.69, 9.17) is 24.3 Å². The SMILES string of the molecule is Nc1ccccc1.[Cl][Ti][Cl]. The Morgan fingerprint density at radius 1 is 1.10 bits per heavy atom. The summed E-state index contributed by atoms with van der Waals surface area (Å²) in [6.07, 6.45) is 0.